The Balaban J connectivity index is 1.85. The second-order valence-electron chi connectivity index (χ2n) is 8.11. The highest BCUT2D eigenvalue weighted by Gasteiger charge is 2.63. The minimum atomic E-state index is -0.974. The quantitative estimate of drug-likeness (QED) is 0.737. The van der Waals surface area contributed by atoms with Crippen molar-refractivity contribution in [1.29, 1.82) is 0 Å². The van der Waals surface area contributed by atoms with Crippen molar-refractivity contribution >= 4 is 5.78 Å². The summed E-state index contributed by atoms with van der Waals surface area (Å²) in [5.74, 6) is 0.653. The van der Waals surface area contributed by atoms with Gasteiger partial charge in [0.15, 0.2) is 5.78 Å². The minimum absolute atomic E-state index is 0.0855. The summed E-state index contributed by atoms with van der Waals surface area (Å²) in [6.45, 7) is 3.99. The smallest absolute Gasteiger partial charge is 0.156 e. The number of carbonyl (C=O) groups is 1. The average Bonchev–Trinajstić information content (AvgIpc) is 2.80. The first-order valence-electron chi connectivity index (χ1n) is 8.68. The summed E-state index contributed by atoms with van der Waals surface area (Å²) < 4.78 is 14.9. The summed E-state index contributed by atoms with van der Waals surface area (Å²) in [7, 11) is 0. The number of fused-ring (bicyclic) bond motifs is 4. The molecule has 0 bridgehead atoms. The second-order valence-corrected chi connectivity index (χ2v) is 8.11. The van der Waals surface area contributed by atoms with Crippen molar-refractivity contribution in [3.05, 3.63) is 22.8 Å². The Bertz CT molecular complexity index is 605. The van der Waals surface area contributed by atoms with Crippen LogP contribution in [0.3, 0.4) is 0 Å². The van der Waals surface area contributed by atoms with Gasteiger partial charge in [-0.05, 0) is 62.2 Å². The lowest BCUT2D eigenvalue weighted by molar-refractivity contribution is -0.143. The monoisotopic (exact) mass is 304 g/mol. The van der Waals surface area contributed by atoms with Crippen LogP contribution in [0.2, 0.25) is 0 Å². The van der Waals surface area contributed by atoms with Gasteiger partial charge >= 0.3 is 0 Å². The van der Waals surface area contributed by atoms with Crippen LogP contribution in [0, 0.1) is 17.3 Å². The molecule has 2 saturated carbocycles. The number of halogens is 1. The number of rotatable bonds is 0. The summed E-state index contributed by atoms with van der Waals surface area (Å²) in [6.07, 6.45) is 6.07. The van der Waals surface area contributed by atoms with Gasteiger partial charge in [0, 0.05) is 24.2 Å². The zero-order chi connectivity index (χ0) is 15.7. The van der Waals surface area contributed by atoms with E-state index in [-0.39, 0.29) is 11.7 Å². The van der Waals surface area contributed by atoms with Crippen LogP contribution in [0.1, 0.15) is 58.8 Å². The number of ketones is 1. The van der Waals surface area contributed by atoms with Crippen LogP contribution in [0.25, 0.3) is 0 Å². The summed E-state index contributed by atoms with van der Waals surface area (Å²) in [4.78, 5) is 11.8. The predicted octanol–water partition coefficient (Wildman–Crippen LogP) is 3.89. The zero-order valence-electron chi connectivity index (χ0n) is 13.5. The molecule has 4 aliphatic rings. The van der Waals surface area contributed by atoms with E-state index in [1.807, 2.05) is 13.8 Å². The Morgan fingerprint density at radius 1 is 1.36 bits per heavy atom. The number of aliphatic hydroxyl groups is 1. The van der Waals surface area contributed by atoms with Crippen LogP contribution in [0.4, 0.5) is 4.39 Å². The molecule has 0 saturated heterocycles. The van der Waals surface area contributed by atoms with Crippen LogP contribution >= 0.6 is 0 Å². The third-order valence-corrected chi connectivity index (χ3v) is 7.26. The van der Waals surface area contributed by atoms with E-state index in [1.54, 1.807) is 6.08 Å². The summed E-state index contributed by atoms with van der Waals surface area (Å²) >= 11 is 0. The fourth-order valence-electron chi connectivity index (χ4n) is 5.79. The van der Waals surface area contributed by atoms with Crippen LogP contribution in [-0.2, 0) is 4.79 Å². The first kappa shape index (κ1) is 14.6. The van der Waals surface area contributed by atoms with E-state index in [1.165, 1.54) is 0 Å². The lowest BCUT2D eigenvalue weighted by Crippen LogP contribution is -2.58. The van der Waals surface area contributed by atoms with Gasteiger partial charge < -0.3 is 5.11 Å². The molecule has 120 valence electrons. The Hall–Kier alpha value is -0.960. The van der Waals surface area contributed by atoms with Crippen molar-refractivity contribution in [2.45, 2.75) is 70.6 Å². The van der Waals surface area contributed by atoms with Gasteiger partial charge in [-0.3, -0.25) is 4.79 Å². The number of allylic oxidation sites excluding steroid dienone is 3. The average molecular weight is 304 g/mol. The maximum Gasteiger partial charge on any atom is 0.156 e. The van der Waals surface area contributed by atoms with Crippen molar-refractivity contribution in [2.24, 2.45) is 17.3 Å². The van der Waals surface area contributed by atoms with E-state index >= 15 is 0 Å². The van der Waals surface area contributed by atoms with E-state index < -0.39 is 17.2 Å². The summed E-state index contributed by atoms with van der Waals surface area (Å²) in [5.41, 5.74) is 1.83. The first-order chi connectivity index (χ1) is 10.4. The van der Waals surface area contributed by atoms with Crippen molar-refractivity contribution in [3.63, 3.8) is 0 Å². The molecular weight excluding hydrogens is 279 g/mol. The van der Waals surface area contributed by atoms with Gasteiger partial charge in [-0.1, -0.05) is 12.5 Å². The number of alkyl halides is 1. The number of hydrogen-bond acceptors (Lipinski definition) is 2. The number of hydrogen-bond donors (Lipinski definition) is 1. The molecule has 0 amide bonds. The molecule has 0 spiro atoms. The third kappa shape index (κ3) is 1.66. The number of carbonyl (C=O) groups excluding carboxylic acids is 1. The Kier molecular flexibility index (Phi) is 3.01. The lowest BCUT2D eigenvalue weighted by atomic mass is 9.53. The molecule has 0 aliphatic heterocycles. The molecule has 2 nitrogen and oxygen atoms in total. The Morgan fingerprint density at radius 2 is 2.14 bits per heavy atom. The molecule has 0 aromatic carbocycles. The first-order valence-corrected chi connectivity index (χ1v) is 8.68. The third-order valence-electron chi connectivity index (χ3n) is 7.26. The molecule has 5 atom stereocenters. The molecule has 22 heavy (non-hydrogen) atoms. The normalized spacial score (nSPS) is 47.7. The van der Waals surface area contributed by atoms with Crippen molar-refractivity contribution < 1.29 is 14.3 Å². The molecule has 2 fully saturated rings. The van der Waals surface area contributed by atoms with Crippen LogP contribution in [0.15, 0.2) is 22.8 Å². The molecule has 0 aromatic heterocycles. The topological polar surface area (TPSA) is 37.3 Å². The van der Waals surface area contributed by atoms with Crippen LogP contribution in [0.5, 0.6) is 0 Å². The molecule has 1 N–H and O–H groups in total. The van der Waals surface area contributed by atoms with Crippen molar-refractivity contribution in [3.8, 4) is 0 Å². The van der Waals surface area contributed by atoms with Gasteiger partial charge in [0.05, 0.1) is 5.60 Å². The van der Waals surface area contributed by atoms with E-state index in [0.29, 0.717) is 18.8 Å². The zero-order valence-corrected chi connectivity index (χ0v) is 13.5. The van der Waals surface area contributed by atoms with Gasteiger partial charge in [-0.15, -0.1) is 0 Å². The SMILES string of the molecule is CC1=C2CC(F)[C@@]3(C)CCCC3(O)C2CC2CCC(=O)C=C12. The molecule has 4 aliphatic carbocycles. The van der Waals surface area contributed by atoms with Crippen LogP contribution in [-0.4, -0.2) is 22.7 Å². The minimum Gasteiger partial charge on any atom is -0.389 e. The molecule has 0 radical (unpaired) electrons. The molecular formula is C19H25FO2. The molecule has 4 rings (SSSR count). The van der Waals surface area contributed by atoms with Crippen molar-refractivity contribution in [2.75, 3.05) is 0 Å². The largest absolute Gasteiger partial charge is 0.389 e. The fraction of sp³-hybridized carbons (Fsp3) is 0.737. The van der Waals surface area contributed by atoms with E-state index in [0.717, 1.165) is 48.8 Å². The van der Waals surface area contributed by atoms with Gasteiger partial charge in [-0.2, -0.15) is 0 Å². The standard InChI is InChI=1S/C19H25FO2/c1-11-14-9-13(21)5-4-12(14)8-16-15(11)10-17(20)18(2)6-3-7-19(16,18)22/h9,12,16-17,22H,3-8,10H2,1-2H3/t12?,16?,17?,18-,19?/m1/s1. The van der Waals surface area contributed by atoms with E-state index in [9.17, 15) is 14.3 Å². The highest BCUT2D eigenvalue weighted by molar-refractivity contribution is 5.92. The Labute approximate surface area is 131 Å². The fourth-order valence-corrected chi connectivity index (χ4v) is 5.79. The van der Waals surface area contributed by atoms with Gasteiger partial charge in [0.2, 0.25) is 0 Å². The predicted molar refractivity (Wildman–Crippen MR) is 83.0 cm³/mol. The Morgan fingerprint density at radius 3 is 2.91 bits per heavy atom. The van der Waals surface area contributed by atoms with Gasteiger partial charge in [0.25, 0.3) is 0 Å². The maximum atomic E-state index is 14.9. The van der Waals surface area contributed by atoms with Crippen molar-refractivity contribution in [1.82, 2.24) is 0 Å². The maximum absolute atomic E-state index is 14.9. The van der Waals surface area contributed by atoms with Gasteiger partial charge in [-0.25, -0.2) is 4.39 Å². The van der Waals surface area contributed by atoms with E-state index in [2.05, 4.69) is 0 Å². The summed E-state index contributed by atoms with van der Waals surface area (Å²) in [5, 5.41) is 11.4. The van der Waals surface area contributed by atoms with Crippen LogP contribution < -0.4 is 0 Å². The highest BCUT2D eigenvalue weighted by atomic mass is 19.1. The summed E-state index contributed by atoms with van der Waals surface area (Å²) in [6, 6.07) is 0. The molecule has 4 unspecified atom stereocenters. The molecule has 0 heterocycles. The molecule has 3 heteroatoms. The molecule has 0 aromatic rings. The highest BCUT2D eigenvalue weighted by Crippen LogP contribution is 2.63. The van der Waals surface area contributed by atoms with E-state index in [4.69, 9.17) is 0 Å². The van der Waals surface area contributed by atoms with Gasteiger partial charge in [0.1, 0.15) is 6.17 Å². The lowest BCUT2D eigenvalue weighted by Gasteiger charge is -2.55. The second kappa shape index (κ2) is 4.53.